The van der Waals surface area contributed by atoms with Crippen LogP contribution in [0.1, 0.15) is 16.7 Å². The summed E-state index contributed by atoms with van der Waals surface area (Å²) in [6.07, 6.45) is 5.48. The van der Waals surface area contributed by atoms with E-state index in [1.807, 2.05) is 12.4 Å². The Morgan fingerprint density at radius 1 is 1.32 bits per heavy atom. The van der Waals surface area contributed by atoms with E-state index in [2.05, 4.69) is 41.3 Å². The Kier molecular flexibility index (Phi) is 4.89. The maximum atomic E-state index is 5.13. The quantitative estimate of drug-likeness (QED) is 0.828. The Bertz CT molecular complexity index is 534. The van der Waals surface area contributed by atoms with Crippen LogP contribution in [0.2, 0.25) is 0 Å². The summed E-state index contributed by atoms with van der Waals surface area (Å²) >= 11 is 0. The summed E-state index contributed by atoms with van der Waals surface area (Å²) < 4.78 is 6.84. The lowest BCUT2D eigenvalue weighted by Gasteiger charge is -2.06. The van der Waals surface area contributed by atoms with Crippen molar-refractivity contribution in [1.82, 2.24) is 15.1 Å². The Balaban J connectivity index is 1.84. The first-order valence-corrected chi connectivity index (χ1v) is 6.25. The zero-order chi connectivity index (χ0) is 13.5. The van der Waals surface area contributed by atoms with E-state index in [0.29, 0.717) is 6.61 Å². The van der Waals surface area contributed by atoms with E-state index in [1.54, 1.807) is 18.0 Å². The highest BCUT2D eigenvalue weighted by Crippen LogP contribution is 2.06. The van der Waals surface area contributed by atoms with Gasteiger partial charge in [-0.05, 0) is 11.1 Å². The van der Waals surface area contributed by atoms with Crippen molar-refractivity contribution in [2.75, 3.05) is 7.11 Å². The van der Waals surface area contributed by atoms with Crippen molar-refractivity contribution in [3.8, 4) is 0 Å². The van der Waals surface area contributed by atoms with Crippen LogP contribution in [0.4, 0.5) is 0 Å². The molecule has 4 heteroatoms. The zero-order valence-electron chi connectivity index (χ0n) is 11.2. The van der Waals surface area contributed by atoms with Crippen LogP contribution in [0.15, 0.2) is 43.2 Å². The Morgan fingerprint density at radius 3 is 2.84 bits per heavy atom. The molecule has 0 unspecified atom stereocenters. The second-order valence-corrected chi connectivity index (χ2v) is 4.37. The van der Waals surface area contributed by atoms with E-state index in [4.69, 9.17) is 4.74 Å². The fourth-order valence-corrected chi connectivity index (χ4v) is 1.92. The minimum absolute atomic E-state index is 0.653. The Labute approximate surface area is 113 Å². The number of rotatable bonds is 7. The molecule has 0 fully saturated rings. The lowest BCUT2D eigenvalue weighted by molar-refractivity contribution is 0.185. The van der Waals surface area contributed by atoms with Crippen molar-refractivity contribution < 1.29 is 4.74 Å². The standard InChI is InChI=1S/C15H19N3O/c1-3-18-11-15(10-17-18)9-16-8-13-5-4-6-14(7-13)12-19-2/h3-7,10-11,16H,1,8-9,12H2,2H3. The molecule has 0 atom stereocenters. The summed E-state index contributed by atoms with van der Waals surface area (Å²) in [5.41, 5.74) is 3.60. The molecular weight excluding hydrogens is 238 g/mol. The van der Waals surface area contributed by atoms with Gasteiger partial charge in [-0.1, -0.05) is 30.8 Å². The lowest BCUT2D eigenvalue weighted by Crippen LogP contribution is -2.12. The summed E-state index contributed by atoms with van der Waals surface area (Å²) in [6.45, 7) is 5.94. The highest BCUT2D eigenvalue weighted by molar-refractivity contribution is 5.23. The van der Waals surface area contributed by atoms with Crippen LogP contribution in [0.3, 0.4) is 0 Å². The summed E-state index contributed by atoms with van der Waals surface area (Å²) in [4.78, 5) is 0. The van der Waals surface area contributed by atoms with Gasteiger partial charge in [0.15, 0.2) is 0 Å². The van der Waals surface area contributed by atoms with Crippen molar-refractivity contribution >= 4 is 6.20 Å². The van der Waals surface area contributed by atoms with E-state index in [1.165, 1.54) is 11.1 Å². The van der Waals surface area contributed by atoms with Crippen LogP contribution in [0.5, 0.6) is 0 Å². The van der Waals surface area contributed by atoms with Gasteiger partial charge in [-0.25, -0.2) is 4.68 Å². The highest BCUT2D eigenvalue weighted by Gasteiger charge is 1.98. The molecule has 1 N–H and O–H groups in total. The van der Waals surface area contributed by atoms with Gasteiger partial charge in [0.2, 0.25) is 0 Å². The number of nitrogens with zero attached hydrogens (tertiary/aromatic N) is 2. The number of hydrogen-bond acceptors (Lipinski definition) is 3. The molecule has 1 aromatic heterocycles. The maximum absolute atomic E-state index is 5.13. The fraction of sp³-hybridized carbons (Fsp3) is 0.267. The summed E-state index contributed by atoms with van der Waals surface area (Å²) in [6, 6.07) is 8.39. The molecule has 0 aliphatic carbocycles. The molecule has 0 aliphatic rings. The van der Waals surface area contributed by atoms with Crippen molar-refractivity contribution in [2.24, 2.45) is 0 Å². The summed E-state index contributed by atoms with van der Waals surface area (Å²) in [7, 11) is 1.71. The van der Waals surface area contributed by atoms with E-state index < -0.39 is 0 Å². The van der Waals surface area contributed by atoms with Gasteiger partial charge in [0, 0.05) is 38.2 Å². The third-order valence-electron chi connectivity index (χ3n) is 2.80. The Hall–Kier alpha value is -1.91. The third-order valence-corrected chi connectivity index (χ3v) is 2.80. The molecule has 100 valence electrons. The second kappa shape index (κ2) is 6.87. The van der Waals surface area contributed by atoms with Gasteiger partial charge in [0.05, 0.1) is 12.8 Å². The van der Waals surface area contributed by atoms with E-state index in [0.717, 1.165) is 18.7 Å². The summed E-state index contributed by atoms with van der Waals surface area (Å²) in [5, 5.41) is 7.54. The maximum Gasteiger partial charge on any atom is 0.0713 e. The molecule has 0 saturated carbocycles. The van der Waals surface area contributed by atoms with Gasteiger partial charge in [0.25, 0.3) is 0 Å². The number of benzene rings is 1. The van der Waals surface area contributed by atoms with Crippen LogP contribution >= 0.6 is 0 Å². The first-order chi connectivity index (χ1) is 9.31. The van der Waals surface area contributed by atoms with Crippen molar-refractivity contribution in [3.63, 3.8) is 0 Å². The SMILES string of the molecule is C=Cn1cc(CNCc2cccc(COC)c2)cn1. The molecule has 1 aromatic carbocycles. The predicted molar refractivity (Wildman–Crippen MR) is 76.3 cm³/mol. The predicted octanol–water partition coefficient (Wildman–Crippen LogP) is 2.42. The van der Waals surface area contributed by atoms with Crippen LogP contribution in [-0.2, 0) is 24.4 Å². The van der Waals surface area contributed by atoms with Gasteiger partial charge in [-0.15, -0.1) is 0 Å². The average Bonchev–Trinajstić information content (AvgIpc) is 2.88. The average molecular weight is 257 g/mol. The molecule has 2 rings (SSSR count). The zero-order valence-corrected chi connectivity index (χ0v) is 11.2. The van der Waals surface area contributed by atoms with Gasteiger partial charge in [-0.2, -0.15) is 5.10 Å². The molecule has 0 saturated heterocycles. The van der Waals surface area contributed by atoms with E-state index in [9.17, 15) is 0 Å². The molecule has 0 amide bonds. The first-order valence-electron chi connectivity index (χ1n) is 6.25. The number of hydrogen-bond donors (Lipinski definition) is 1. The monoisotopic (exact) mass is 257 g/mol. The number of methoxy groups -OCH3 is 1. The van der Waals surface area contributed by atoms with Gasteiger partial charge >= 0.3 is 0 Å². The van der Waals surface area contributed by atoms with Crippen molar-refractivity contribution in [1.29, 1.82) is 0 Å². The minimum atomic E-state index is 0.653. The van der Waals surface area contributed by atoms with Crippen LogP contribution < -0.4 is 5.32 Å². The van der Waals surface area contributed by atoms with Crippen molar-refractivity contribution in [2.45, 2.75) is 19.7 Å². The third kappa shape index (κ3) is 4.05. The van der Waals surface area contributed by atoms with Gasteiger partial charge in [0.1, 0.15) is 0 Å². The van der Waals surface area contributed by atoms with Crippen molar-refractivity contribution in [3.05, 3.63) is 59.9 Å². The van der Waals surface area contributed by atoms with E-state index >= 15 is 0 Å². The van der Waals surface area contributed by atoms with Crippen LogP contribution in [0, 0.1) is 0 Å². The minimum Gasteiger partial charge on any atom is -0.380 e. The molecule has 0 spiro atoms. The van der Waals surface area contributed by atoms with Crippen LogP contribution in [-0.4, -0.2) is 16.9 Å². The fourth-order valence-electron chi connectivity index (χ4n) is 1.92. The van der Waals surface area contributed by atoms with Gasteiger partial charge in [-0.3, -0.25) is 0 Å². The molecule has 0 aliphatic heterocycles. The molecule has 1 heterocycles. The second-order valence-electron chi connectivity index (χ2n) is 4.37. The normalized spacial score (nSPS) is 10.6. The Morgan fingerprint density at radius 2 is 2.11 bits per heavy atom. The molecule has 0 radical (unpaired) electrons. The molecular formula is C15H19N3O. The summed E-state index contributed by atoms with van der Waals surface area (Å²) in [5.74, 6) is 0. The molecule has 4 nitrogen and oxygen atoms in total. The number of aromatic nitrogens is 2. The smallest absolute Gasteiger partial charge is 0.0713 e. The lowest BCUT2D eigenvalue weighted by atomic mass is 10.1. The molecule has 2 aromatic rings. The number of ether oxygens (including phenoxy) is 1. The van der Waals surface area contributed by atoms with Crippen LogP contribution in [0.25, 0.3) is 6.20 Å². The highest BCUT2D eigenvalue weighted by atomic mass is 16.5. The topological polar surface area (TPSA) is 39.1 Å². The number of nitrogens with one attached hydrogen (secondary N) is 1. The van der Waals surface area contributed by atoms with E-state index in [-0.39, 0.29) is 0 Å². The molecule has 19 heavy (non-hydrogen) atoms. The largest absolute Gasteiger partial charge is 0.380 e. The first kappa shape index (κ1) is 13.5. The van der Waals surface area contributed by atoms with Gasteiger partial charge < -0.3 is 10.1 Å². The molecule has 0 bridgehead atoms.